The van der Waals surface area contributed by atoms with E-state index in [1.165, 1.54) is 17.0 Å². The molecule has 0 aliphatic carbocycles. The SMILES string of the molecule is O=C(O)[C@H]1CCCN(C(=O)c2ccccc2CCC(F)(F)F)C1. The van der Waals surface area contributed by atoms with Crippen LogP contribution in [-0.4, -0.2) is 41.1 Å². The Morgan fingerprint density at radius 3 is 2.61 bits per heavy atom. The number of carboxylic acids is 1. The highest BCUT2D eigenvalue weighted by molar-refractivity contribution is 5.96. The minimum absolute atomic E-state index is 0.0990. The van der Waals surface area contributed by atoms with Gasteiger partial charge in [-0.2, -0.15) is 13.2 Å². The van der Waals surface area contributed by atoms with Crippen molar-refractivity contribution in [3.8, 4) is 0 Å². The molecule has 4 nitrogen and oxygen atoms in total. The van der Waals surface area contributed by atoms with Gasteiger partial charge in [0.25, 0.3) is 5.91 Å². The lowest BCUT2D eigenvalue weighted by molar-refractivity contribution is -0.143. The molecule has 7 heteroatoms. The van der Waals surface area contributed by atoms with Crippen LogP contribution in [0.15, 0.2) is 24.3 Å². The smallest absolute Gasteiger partial charge is 0.389 e. The molecule has 1 saturated heterocycles. The maximum absolute atomic E-state index is 12.6. The van der Waals surface area contributed by atoms with Crippen LogP contribution in [0.2, 0.25) is 0 Å². The van der Waals surface area contributed by atoms with Crippen molar-refractivity contribution in [1.82, 2.24) is 4.90 Å². The molecule has 0 radical (unpaired) electrons. The lowest BCUT2D eigenvalue weighted by Gasteiger charge is -2.31. The monoisotopic (exact) mass is 329 g/mol. The van der Waals surface area contributed by atoms with Gasteiger partial charge in [0, 0.05) is 25.1 Å². The van der Waals surface area contributed by atoms with Gasteiger partial charge in [-0.25, -0.2) is 0 Å². The fourth-order valence-electron chi connectivity index (χ4n) is 2.76. The molecule has 1 aliphatic heterocycles. The Labute approximate surface area is 131 Å². The van der Waals surface area contributed by atoms with Crippen molar-refractivity contribution in [3.05, 3.63) is 35.4 Å². The lowest BCUT2D eigenvalue weighted by atomic mass is 9.96. The average molecular weight is 329 g/mol. The number of halogens is 3. The first-order valence-electron chi connectivity index (χ1n) is 7.44. The molecule has 1 aromatic rings. The van der Waals surface area contributed by atoms with E-state index in [0.717, 1.165) is 0 Å². The number of hydrogen-bond acceptors (Lipinski definition) is 2. The van der Waals surface area contributed by atoms with E-state index >= 15 is 0 Å². The molecule has 0 saturated carbocycles. The summed E-state index contributed by atoms with van der Waals surface area (Å²) < 4.78 is 37.2. The molecule has 1 fully saturated rings. The van der Waals surface area contributed by atoms with E-state index in [9.17, 15) is 22.8 Å². The zero-order valence-corrected chi connectivity index (χ0v) is 12.5. The molecule has 1 amide bonds. The number of carbonyl (C=O) groups excluding carboxylic acids is 1. The maximum atomic E-state index is 12.6. The van der Waals surface area contributed by atoms with Crippen LogP contribution >= 0.6 is 0 Å². The van der Waals surface area contributed by atoms with Gasteiger partial charge < -0.3 is 10.0 Å². The molecule has 1 N–H and O–H groups in total. The van der Waals surface area contributed by atoms with Gasteiger partial charge in [0.2, 0.25) is 0 Å². The van der Waals surface area contributed by atoms with Crippen LogP contribution in [-0.2, 0) is 11.2 Å². The first kappa shape index (κ1) is 17.3. The molecule has 126 valence electrons. The van der Waals surface area contributed by atoms with Crippen molar-refractivity contribution in [3.63, 3.8) is 0 Å². The van der Waals surface area contributed by atoms with E-state index in [0.29, 0.717) is 24.9 Å². The number of carboxylic acid groups (broad SMARTS) is 1. The van der Waals surface area contributed by atoms with Crippen molar-refractivity contribution >= 4 is 11.9 Å². The number of nitrogens with zero attached hydrogens (tertiary/aromatic N) is 1. The highest BCUT2D eigenvalue weighted by Gasteiger charge is 2.31. The van der Waals surface area contributed by atoms with Crippen LogP contribution in [0.1, 0.15) is 35.2 Å². The predicted molar refractivity (Wildman–Crippen MR) is 77.1 cm³/mol. The summed E-state index contributed by atoms with van der Waals surface area (Å²) in [5.41, 5.74) is 0.565. The Bertz CT molecular complexity index is 586. The van der Waals surface area contributed by atoms with Crippen molar-refractivity contribution in [2.45, 2.75) is 31.9 Å². The summed E-state index contributed by atoms with van der Waals surface area (Å²) in [6, 6.07) is 6.21. The summed E-state index contributed by atoms with van der Waals surface area (Å²) >= 11 is 0. The molecule has 1 aromatic carbocycles. The quantitative estimate of drug-likeness (QED) is 0.923. The molecule has 1 atom stereocenters. The van der Waals surface area contributed by atoms with Crippen LogP contribution in [0.4, 0.5) is 13.2 Å². The first-order valence-corrected chi connectivity index (χ1v) is 7.44. The fourth-order valence-corrected chi connectivity index (χ4v) is 2.76. The third kappa shape index (κ3) is 4.71. The minimum atomic E-state index is -4.28. The van der Waals surface area contributed by atoms with Crippen molar-refractivity contribution in [2.24, 2.45) is 5.92 Å². The number of carbonyl (C=O) groups is 2. The molecule has 0 spiro atoms. The number of benzene rings is 1. The molecule has 0 bridgehead atoms. The number of alkyl halides is 3. The Kier molecular flexibility index (Phi) is 5.28. The third-order valence-electron chi connectivity index (χ3n) is 3.98. The van der Waals surface area contributed by atoms with Gasteiger partial charge in [0.05, 0.1) is 5.92 Å². The molecule has 1 aliphatic rings. The van der Waals surface area contributed by atoms with Gasteiger partial charge in [0.15, 0.2) is 0 Å². The molecule has 2 rings (SSSR count). The van der Waals surface area contributed by atoms with Crippen molar-refractivity contribution in [2.75, 3.05) is 13.1 Å². The van der Waals surface area contributed by atoms with Crippen LogP contribution in [0.5, 0.6) is 0 Å². The van der Waals surface area contributed by atoms with Crippen LogP contribution in [0, 0.1) is 5.92 Å². The number of amides is 1. The number of aryl methyl sites for hydroxylation is 1. The van der Waals surface area contributed by atoms with E-state index in [2.05, 4.69) is 0 Å². The second-order valence-corrected chi connectivity index (χ2v) is 5.70. The summed E-state index contributed by atoms with van der Waals surface area (Å²) in [5, 5.41) is 9.07. The van der Waals surface area contributed by atoms with Crippen LogP contribution < -0.4 is 0 Å². The molecule has 0 unspecified atom stereocenters. The molecule has 23 heavy (non-hydrogen) atoms. The largest absolute Gasteiger partial charge is 0.481 e. The maximum Gasteiger partial charge on any atom is 0.389 e. The summed E-state index contributed by atoms with van der Waals surface area (Å²) in [6.45, 7) is 0.526. The van der Waals surface area contributed by atoms with Gasteiger partial charge in [0.1, 0.15) is 0 Å². The second kappa shape index (κ2) is 7.02. The van der Waals surface area contributed by atoms with Gasteiger partial charge in [-0.3, -0.25) is 9.59 Å². The number of likely N-dealkylation sites (tertiary alicyclic amines) is 1. The molecule has 0 aromatic heterocycles. The Balaban J connectivity index is 2.14. The Morgan fingerprint density at radius 2 is 1.96 bits per heavy atom. The van der Waals surface area contributed by atoms with E-state index in [1.54, 1.807) is 12.1 Å². The lowest BCUT2D eigenvalue weighted by Crippen LogP contribution is -2.42. The number of piperidine rings is 1. The normalized spacial score (nSPS) is 18.7. The number of aliphatic carboxylic acids is 1. The first-order chi connectivity index (χ1) is 10.8. The number of hydrogen-bond donors (Lipinski definition) is 1. The average Bonchev–Trinajstić information content (AvgIpc) is 2.52. The zero-order chi connectivity index (χ0) is 17.0. The Hall–Kier alpha value is -2.05. The standard InChI is InChI=1S/C16H18F3NO3/c17-16(18,19)8-7-11-4-1-2-6-13(11)14(21)20-9-3-5-12(10-20)15(22)23/h1-2,4,6,12H,3,5,7-10H2,(H,22,23)/t12-/m0/s1. The van der Waals surface area contributed by atoms with E-state index in [4.69, 9.17) is 5.11 Å². The van der Waals surface area contributed by atoms with Crippen LogP contribution in [0.3, 0.4) is 0 Å². The summed E-state index contributed by atoms with van der Waals surface area (Å²) in [4.78, 5) is 25.1. The van der Waals surface area contributed by atoms with Crippen LogP contribution in [0.25, 0.3) is 0 Å². The summed E-state index contributed by atoms with van der Waals surface area (Å²) in [6.07, 6.45) is -4.45. The summed E-state index contributed by atoms with van der Waals surface area (Å²) in [7, 11) is 0. The van der Waals surface area contributed by atoms with Gasteiger partial charge in [-0.15, -0.1) is 0 Å². The fraction of sp³-hybridized carbons (Fsp3) is 0.500. The van der Waals surface area contributed by atoms with Crippen molar-refractivity contribution in [1.29, 1.82) is 0 Å². The van der Waals surface area contributed by atoms with E-state index < -0.39 is 30.4 Å². The van der Waals surface area contributed by atoms with E-state index in [-0.39, 0.29) is 18.5 Å². The minimum Gasteiger partial charge on any atom is -0.481 e. The number of rotatable bonds is 4. The molecular weight excluding hydrogens is 311 g/mol. The van der Waals surface area contributed by atoms with Gasteiger partial charge >= 0.3 is 12.1 Å². The highest BCUT2D eigenvalue weighted by Crippen LogP contribution is 2.25. The summed E-state index contributed by atoms with van der Waals surface area (Å²) in [5.74, 6) is -1.96. The topological polar surface area (TPSA) is 57.6 Å². The molecular formula is C16H18F3NO3. The third-order valence-corrected chi connectivity index (χ3v) is 3.98. The van der Waals surface area contributed by atoms with Gasteiger partial charge in [-0.1, -0.05) is 18.2 Å². The predicted octanol–water partition coefficient (Wildman–Crippen LogP) is 3.12. The van der Waals surface area contributed by atoms with Crippen molar-refractivity contribution < 1.29 is 27.9 Å². The zero-order valence-electron chi connectivity index (χ0n) is 12.5. The second-order valence-electron chi connectivity index (χ2n) is 5.70. The van der Waals surface area contributed by atoms with Gasteiger partial charge in [-0.05, 0) is 30.9 Å². The highest BCUT2D eigenvalue weighted by atomic mass is 19.4. The van der Waals surface area contributed by atoms with E-state index in [1.807, 2.05) is 0 Å². The molecule has 1 heterocycles. The Morgan fingerprint density at radius 1 is 1.26 bits per heavy atom.